The molecule has 0 bridgehead atoms. The molecule has 1 aromatic carbocycles. The van der Waals surface area contributed by atoms with Crippen LogP contribution in [0.3, 0.4) is 0 Å². The van der Waals surface area contributed by atoms with Gasteiger partial charge in [-0.2, -0.15) is 0 Å². The number of nitrogens with two attached hydrogens (primary N) is 1. The van der Waals surface area contributed by atoms with Crippen molar-refractivity contribution in [2.24, 2.45) is 5.73 Å². The fourth-order valence-corrected chi connectivity index (χ4v) is 4.92. The molecule has 33 heavy (non-hydrogen) atoms. The Morgan fingerprint density at radius 3 is 2.88 bits per heavy atom. The van der Waals surface area contributed by atoms with E-state index in [1.807, 2.05) is 48.7 Å². The summed E-state index contributed by atoms with van der Waals surface area (Å²) in [5.41, 5.74) is 10.5. The van der Waals surface area contributed by atoms with Gasteiger partial charge < -0.3 is 15.2 Å². The molecule has 0 unspecified atom stereocenters. The van der Waals surface area contributed by atoms with E-state index in [0.29, 0.717) is 18.6 Å². The first kappa shape index (κ1) is 21.2. The van der Waals surface area contributed by atoms with Crippen LogP contribution >= 0.6 is 0 Å². The van der Waals surface area contributed by atoms with Gasteiger partial charge in [0.15, 0.2) is 0 Å². The Morgan fingerprint density at radius 1 is 1.21 bits per heavy atom. The van der Waals surface area contributed by atoms with E-state index in [9.17, 15) is 4.79 Å². The normalized spacial score (nSPS) is 16.2. The van der Waals surface area contributed by atoms with E-state index >= 15 is 0 Å². The van der Waals surface area contributed by atoms with Crippen LogP contribution in [0.4, 0.5) is 5.82 Å². The van der Waals surface area contributed by atoms with Gasteiger partial charge in [-0.05, 0) is 44.4 Å². The zero-order valence-electron chi connectivity index (χ0n) is 19.1. The zero-order chi connectivity index (χ0) is 22.9. The Bertz CT molecular complexity index is 1450. The number of anilines is 1. The first-order valence-corrected chi connectivity index (χ1v) is 11.4. The van der Waals surface area contributed by atoms with Crippen molar-refractivity contribution in [1.29, 1.82) is 0 Å². The fraction of sp³-hybridized carbons (Fsp3) is 0.346. The van der Waals surface area contributed by atoms with E-state index in [4.69, 9.17) is 10.7 Å². The number of aromatic nitrogens is 4. The molecular weight excluding hydrogens is 412 g/mol. The average Bonchev–Trinajstić information content (AvgIpc) is 3.11. The standard InChI is InChI=1S/C26H28N6O/c1-3-4-14-32-24-23(18(2)25(32)30-13-7-8-20(27)16-30)29-17-31(26(24)33)15-19-11-12-28-22-10-6-5-9-21(19)22/h5-6,9-12,17,20H,7-8,13-16,27H2,1-2H3/t20-/m1/s1. The Labute approximate surface area is 192 Å². The number of benzene rings is 1. The molecule has 4 heterocycles. The highest BCUT2D eigenvalue weighted by Gasteiger charge is 2.26. The predicted molar refractivity (Wildman–Crippen MR) is 132 cm³/mol. The van der Waals surface area contributed by atoms with Crippen LogP contribution in [0.15, 0.2) is 47.7 Å². The third kappa shape index (κ3) is 3.77. The molecule has 1 fully saturated rings. The molecule has 0 aliphatic carbocycles. The van der Waals surface area contributed by atoms with Gasteiger partial charge in [0.2, 0.25) is 0 Å². The predicted octanol–water partition coefficient (Wildman–Crippen LogP) is 3.05. The number of pyridine rings is 1. The smallest absolute Gasteiger partial charge is 0.278 e. The second-order valence-corrected chi connectivity index (χ2v) is 8.67. The third-order valence-electron chi connectivity index (χ3n) is 6.48. The molecule has 4 aromatic rings. The maximum Gasteiger partial charge on any atom is 0.278 e. The molecule has 1 saturated heterocycles. The van der Waals surface area contributed by atoms with Crippen LogP contribution in [-0.2, 0) is 13.1 Å². The number of fused-ring (bicyclic) bond motifs is 2. The molecule has 5 rings (SSSR count). The summed E-state index contributed by atoms with van der Waals surface area (Å²) in [6.45, 7) is 6.43. The number of rotatable bonds is 4. The molecule has 168 valence electrons. The number of aryl methyl sites for hydroxylation is 1. The molecule has 1 aliphatic rings. The lowest BCUT2D eigenvalue weighted by Gasteiger charge is -2.33. The Morgan fingerprint density at radius 2 is 2.06 bits per heavy atom. The monoisotopic (exact) mass is 440 g/mol. The van der Waals surface area contributed by atoms with Gasteiger partial charge in [0.1, 0.15) is 16.9 Å². The number of hydrogen-bond donors (Lipinski definition) is 1. The van der Waals surface area contributed by atoms with E-state index in [-0.39, 0.29) is 11.6 Å². The van der Waals surface area contributed by atoms with Crippen LogP contribution in [0, 0.1) is 18.8 Å². The molecule has 0 spiro atoms. The van der Waals surface area contributed by atoms with Crippen molar-refractivity contribution < 1.29 is 0 Å². The topological polar surface area (TPSA) is 82.0 Å². The number of nitrogens with zero attached hydrogens (tertiary/aromatic N) is 5. The molecule has 3 aromatic heterocycles. The van der Waals surface area contributed by atoms with Crippen molar-refractivity contribution in [3.05, 3.63) is 64.3 Å². The quantitative estimate of drug-likeness (QED) is 0.493. The summed E-state index contributed by atoms with van der Waals surface area (Å²) in [4.78, 5) is 25.2. The van der Waals surface area contributed by atoms with Gasteiger partial charge >= 0.3 is 0 Å². The molecule has 1 atom stereocenters. The first-order chi connectivity index (χ1) is 16.1. The second-order valence-electron chi connectivity index (χ2n) is 8.67. The van der Waals surface area contributed by atoms with Gasteiger partial charge in [-0.1, -0.05) is 24.1 Å². The minimum absolute atomic E-state index is 0.0607. The molecule has 0 amide bonds. The van der Waals surface area contributed by atoms with Gasteiger partial charge in [0, 0.05) is 36.3 Å². The summed E-state index contributed by atoms with van der Waals surface area (Å²) in [7, 11) is 0. The average molecular weight is 441 g/mol. The SMILES string of the molecule is CC#CCn1c(N2CCC[C@@H](N)C2)c(C)c2ncn(Cc3ccnc4ccccc34)c(=O)c21. The van der Waals surface area contributed by atoms with Crippen LogP contribution < -0.4 is 16.2 Å². The highest BCUT2D eigenvalue weighted by Crippen LogP contribution is 2.31. The molecule has 1 aliphatic heterocycles. The fourth-order valence-electron chi connectivity index (χ4n) is 4.92. The van der Waals surface area contributed by atoms with E-state index in [1.165, 1.54) is 0 Å². The highest BCUT2D eigenvalue weighted by molar-refractivity contribution is 5.86. The zero-order valence-corrected chi connectivity index (χ0v) is 19.1. The van der Waals surface area contributed by atoms with Gasteiger partial charge in [-0.25, -0.2) is 4.98 Å². The lowest BCUT2D eigenvalue weighted by Crippen LogP contribution is -2.44. The molecule has 7 nitrogen and oxygen atoms in total. The van der Waals surface area contributed by atoms with Crippen LogP contribution in [0.25, 0.3) is 21.9 Å². The van der Waals surface area contributed by atoms with Crippen molar-refractivity contribution >= 4 is 27.8 Å². The molecule has 0 radical (unpaired) electrons. The summed E-state index contributed by atoms with van der Waals surface area (Å²) in [6.07, 6.45) is 5.51. The van der Waals surface area contributed by atoms with Crippen molar-refractivity contribution in [3.8, 4) is 11.8 Å². The highest BCUT2D eigenvalue weighted by atomic mass is 16.1. The number of piperidine rings is 1. The molecule has 7 heteroatoms. The maximum absolute atomic E-state index is 13.8. The van der Waals surface area contributed by atoms with E-state index in [1.54, 1.807) is 17.1 Å². The number of para-hydroxylation sites is 1. The summed E-state index contributed by atoms with van der Waals surface area (Å²) < 4.78 is 3.72. The van der Waals surface area contributed by atoms with Crippen molar-refractivity contribution in [1.82, 2.24) is 19.1 Å². The van der Waals surface area contributed by atoms with Crippen LogP contribution in [-0.4, -0.2) is 38.2 Å². The summed E-state index contributed by atoms with van der Waals surface area (Å²) in [5.74, 6) is 7.14. The van der Waals surface area contributed by atoms with Crippen LogP contribution in [0.5, 0.6) is 0 Å². The largest absolute Gasteiger partial charge is 0.356 e. The molecule has 0 saturated carbocycles. The van der Waals surface area contributed by atoms with Gasteiger partial charge in [-0.3, -0.25) is 14.3 Å². The third-order valence-corrected chi connectivity index (χ3v) is 6.48. The Hall–Kier alpha value is -3.63. The minimum Gasteiger partial charge on any atom is -0.356 e. The van der Waals surface area contributed by atoms with Gasteiger partial charge in [0.25, 0.3) is 5.56 Å². The second kappa shape index (κ2) is 8.72. The van der Waals surface area contributed by atoms with Crippen LogP contribution in [0.2, 0.25) is 0 Å². The van der Waals surface area contributed by atoms with Crippen molar-refractivity contribution in [2.45, 2.75) is 45.8 Å². The lowest BCUT2D eigenvalue weighted by molar-refractivity contribution is 0.498. The van der Waals surface area contributed by atoms with Gasteiger partial charge in [-0.15, -0.1) is 5.92 Å². The van der Waals surface area contributed by atoms with E-state index in [2.05, 4.69) is 21.7 Å². The number of hydrogen-bond acceptors (Lipinski definition) is 5. The maximum atomic E-state index is 13.8. The van der Waals surface area contributed by atoms with Crippen molar-refractivity contribution in [2.75, 3.05) is 18.0 Å². The summed E-state index contributed by atoms with van der Waals surface area (Å²) in [6, 6.07) is 10.1. The first-order valence-electron chi connectivity index (χ1n) is 11.4. The van der Waals surface area contributed by atoms with Crippen LogP contribution in [0.1, 0.15) is 30.9 Å². The Balaban J connectivity index is 1.66. The summed E-state index contributed by atoms with van der Waals surface area (Å²) in [5, 5.41) is 1.04. The summed E-state index contributed by atoms with van der Waals surface area (Å²) >= 11 is 0. The Kier molecular flexibility index (Phi) is 5.61. The molecular formula is C26H28N6O. The lowest BCUT2D eigenvalue weighted by atomic mass is 10.1. The minimum atomic E-state index is -0.0607. The van der Waals surface area contributed by atoms with Gasteiger partial charge in [0.05, 0.1) is 24.9 Å². The van der Waals surface area contributed by atoms with E-state index in [0.717, 1.165) is 59.3 Å². The van der Waals surface area contributed by atoms with Crippen molar-refractivity contribution in [3.63, 3.8) is 0 Å². The molecule has 2 N–H and O–H groups in total. The van der Waals surface area contributed by atoms with E-state index < -0.39 is 0 Å².